The number of aryl methyl sites for hydroxylation is 2. The Morgan fingerprint density at radius 1 is 1.44 bits per heavy atom. The molecule has 2 rings (SSSR count). The van der Waals surface area contributed by atoms with Crippen LogP contribution in [0.5, 0.6) is 0 Å². The SMILES string of the molecule is Cc1cccc(-c2c(Br)c(C#N)nn2C)c1. The van der Waals surface area contributed by atoms with Gasteiger partial charge in [0.25, 0.3) is 0 Å². The van der Waals surface area contributed by atoms with Crippen LogP contribution in [0.25, 0.3) is 11.3 Å². The van der Waals surface area contributed by atoms with E-state index in [-0.39, 0.29) is 0 Å². The minimum absolute atomic E-state index is 0.416. The van der Waals surface area contributed by atoms with Gasteiger partial charge >= 0.3 is 0 Å². The molecule has 4 heteroatoms. The van der Waals surface area contributed by atoms with E-state index in [1.807, 2.05) is 32.2 Å². The van der Waals surface area contributed by atoms with E-state index in [2.05, 4.69) is 33.2 Å². The first-order valence-corrected chi connectivity index (χ1v) is 5.62. The Hall–Kier alpha value is -1.60. The summed E-state index contributed by atoms with van der Waals surface area (Å²) in [5, 5.41) is 13.0. The van der Waals surface area contributed by atoms with Gasteiger partial charge in [-0.05, 0) is 28.9 Å². The number of halogens is 1. The highest BCUT2D eigenvalue weighted by Gasteiger charge is 2.14. The van der Waals surface area contributed by atoms with Crippen molar-refractivity contribution in [1.82, 2.24) is 9.78 Å². The smallest absolute Gasteiger partial charge is 0.177 e. The molecule has 0 radical (unpaired) electrons. The zero-order valence-electron chi connectivity index (χ0n) is 9.03. The van der Waals surface area contributed by atoms with Crippen LogP contribution in [-0.4, -0.2) is 9.78 Å². The maximum absolute atomic E-state index is 8.90. The van der Waals surface area contributed by atoms with Gasteiger partial charge in [-0.25, -0.2) is 0 Å². The number of hydrogen-bond acceptors (Lipinski definition) is 2. The second-order valence-electron chi connectivity index (χ2n) is 3.62. The van der Waals surface area contributed by atoms with Gasteiger partial charge in [0.2, 0.25) is 0 Å². The highest BCUT2D eigenvalue weighted by atomic mass is 79.9. The van der Waals surface area contributed by atoms with Crippen LogP contribution < -0.4 is 0 Å². The summed E-state index contributed by atoms with van der Waals surface area (Å²) in [5.74, 6) is 0. The number of nitrogens with zero attached hydrogens (tertiary/aromatic N) is 3. The van der Waals surface area contributed by atoms with E-state index < -0.39 is 0 Å². The molecule has 1 aromatic carbocycles. The summed E-state index contributed by atoms with van der Waals surface area (Å²) < 4.78 is 2.47. The molecule has 0 spiro atoms. The van der Waals surface area contributed by atoms with E-state index >= 15 is 0 Å². The highest BCUT2D eigenvalue weighted by Crippen LogP contribution is 2.30. The second-order valence-corrected chi connectivity index (χ2v) is 4.41. The number of hydrogen-bond donors (Lipinski definition) is 0. The number of benzene rings is 1. The molecule has 0 N–H and O–H groups in total. The van der Waals surface area contributed by atoms with Crippen molar-refractivity contribution in [3.05, 3.63) is 40.0 Å². The number of nitriles is 1. The van der Waals surface area contributed by atoms with E-state index in [9.17, 15) is 0 Å². The lowest BCUT2D eigenvalue weighted by Gasteiger charge is -2.03. The van der Waals surface area contributed by atoms with Crippen LogP contribution in [0.2, 0.25) is 0 Å². The van der Waals surface area contributed by atoms with E-state index in [0.717, 1.165) is 15.7 Å². The van der Waals surface area contributed by atoms with Crippen molar-refractivity contribution in [2.75, 3.05) is 0 Å². The molecule has 0 saturated heterocycles. The van der Waals surface area contributed by atoms with Crippen LogP contribution in [0, 0.1) is 18.3 Å². The Morgan fingerprint density at radius 3 is 2.75 bits per heavy atom. The third kappa shape index (κ3) is 1.74. The Kier molecular flexibility index (Phi) is 2.80. The molecule has 0 bridgehead atoms. The highest BCUT2D eigenvalue weighted by molar-refractivity contribution is 9.10. The lowest BCUT2D eigenvalue weighted by molar-refractivity contribution is 0.771. The van der Waals surface area contributed by atoms with Crippen molar-refractivity contribution < 1.29 is 0 Å². The minimum atomic E-state index is 0.416. The van der Waals surface area contributed by atoms with Gasteiger partial charge in [-0.3, -0.25) is 4.68 Å². The van der Waals surface area contributed by atoms with Gasteiger partial charge in [0.05, 0.1) is 10.2 Å². The molecule has 0 aliphatic heterocycles. The molecule has 0 unspecified atom stereocenters. The van der Waals surface area contributed by atoms with Crippen molar-refractivity contribution in [3.8, 4) is 17.3 Å². The normalized spacial score (nSPS) is 10.1. The van der Waals surface area contributed by atoms with E-state index in [4.69, 9.17) is 5.26 Å². The summed E-state index contributed by atoms with van der Waals surface area (Å²) in [6.45, 7) is 2.04. The van der Waals surface area contributed by atoms with Crippen LogP contribution in [0.4, 0.5) is 0 Å². The Morgan fingerprint density at radius 2 is 2.19 bits per heavy atom. The predicted octanol–water partition coefficient (Wildman–Crippen LogP) is 3.03. The summed E-state index contributed by atoms with van der Waals surface area (Å²) in [6, 6.07) is 10.2. The zero-order valence-corrected chi connectivity index (χ0v) is 10.6. The van der Waals surface area contributed by atoms with Gasteiger partial charge in [-0.2, -0.15) is 10.4 Å². The second kappa shape index (κ2) is 4.11. The van der Waals surface area contributed by atoms with Gasteiger partial charge in [0.15, 0.2) is 5.69 Å². The largest absolute Gasteiger partial charge is 0.265 e. The fraction of sp³-hybridized carbons (Fsp3) is 0.167. The van der Waals surface area contributed by atoms with Gasteiger partial charge < -0.3 is 0 Å². The minimum Gasteiger partial charge on any atom is -0.265 e. The maximum atomic E-state index is 8.90. The van der Waals surface area contributed by atoms with E-state index in [1.54, 1.807) is 4.68 Å². The topological polar surface area (TPSA) is 41.6 Å². The van der Waals surface area contributed by atoms with E-state index in [0.29, 0.717) is 5.69 Å². The first-order chi connectivity index (χ1) is 7.63. The molecular weight excluding hydrogens is 266 g/mol. The molecular formula is C12H10BrN3. The molecule has 1 aromatic heterocycles. The molecule has 3 nitrogen and oxygen atoms in total. The molecule has 16 heavy (non-hydrogen) atoms. The monoisotopic (exact) mass is 275 g/mol. The summed E-state index contributed by atoms with van der Waals surface area (Å²) in [5.41, 5.74) is 3.59. The van der Waals surface area contributed by atoms with Crippen LogP contribution >= 0.6 is 15.9 Å². The maximum Gasteiger partial charge on any atom is 0.177 e. The third-order valence-electron chi connectivity index (χ3n) is 2.39. The summed E-state index contributed by atoms with van der Waals surface area (Å²) in [6.07, 6.45) is 0. The Balaban J connectivity index is 2.65. The van der Waals surface area contributed by atoms with Gasteiger partial charge in [0, 0.05) is 12.6 Å². The van der Waals surface area contributed by atoms with Crippen LogP contribution in [-0.2, 0) is 7.05 Å². The summed E-state index contributed by atoms with van der Waals surface area (Å²) in [4.78, 5) is 0. The van der Waals surface area contributed by atoms with E-state index in [1.165, 1.54) is 5.56 Å². The van der Waals surface area contributed by atoms with Gasteiger partial charge in [-0.1, -0.05) is 23.8 Å². The van der Waals surface area contributed by atoms with Crippen molar-refractivity contribution in [1.29, 1.82) is 5.26 Å². The van der Waals surface area contributed by atoms with Crippen molar-refractivity contribution >= 4 is 15.9 Å². The molecule has 0 aliphatic carbocycles. The fourth-order valence-corrected chi connectivity index (χ4v) is 2.33. The Bertz CT molecular complexity index is 578. The molecule has 80 valence electrons. The molecule has 0 atom stereocenters. The van der Waals surface area contributed by atoms with Crippen molar-refractivity contribution in [2.24, 2.45) is 7.05 Å². The lowest BCUT2D eigenvalue weighted by atomic mass is 10.1. The molecule has 0 saturated carbocycles. The van der Waals surface area contributed by atoms with Crippen LogP contribution in [0.3, 0.4) is 0 Å². The van der Waals surface area contributed by atoms with Crippen LogP contribution in [0.15, 0.2) is 28.7 Å². The first kappa shape index (κ1) is 10.9. The fourth-order valence-electron chi connectivity index (χ4n) is 1.68. The Labute approximate surface area is 102 Å². The average Bonchev–Trinajstić information content (AvgIpc) is 2.53. The molecule has 0 aliphatic rings. The molecule has 1 heterocycles. The number of rotatable bonds is 1. The summed E-state index contributed by atoms with van der Waals surface area (Å²) >= 11 is 3.42. The first-order valence-electron chi connectivity index (χ1n) is 4.83. The zero-order chi connectivity index (χ0) is 11.7. The quantitative estimate of drug-likeness (QED) is 0.803. The molecule has 0 amide bonds. The van der Waals surface area contributed by atoms with Gasteiger partial charge in [0.1, 0.15) is 6.07 Å². The average molecular weight is 276 g/mol. The summed E-state index contributed by atoms with van der Waals surface area (Å²) in [7, 11) is 1.84. The standard InChI is InChI=1S/C12H10BrN3/c1-8-4-3-5-9(6-8)12-11(13)10(7-14)15-16(12)2/h3-6H,1-2H3. The number of aromatic nitrogens is 2. The van der Waals surface area contributed by atoms with Crippen molar-refractivity contribution in [2.45, 2.75) is 6.92 Å². The predicted molar refractivity (Wildman–Crippen MR) is 65.8 cm³/mol. The van der Waals surface area contributed by atoms with Gasteiger partial charge in [-0.15, -0.1) is 0 Å². The van der Waals surface area contributed by atoms with Crippen molar-refractivity contribution in [3.63, 3.8) is 0 Å². The third-order valence-corrected chi connectivity index (χ3v) is 3.14. The molecule has 0 fully saturated rings. The molecule has 2 aromatic rings. The van der Waals surface area contributed by atoms with Crippen LogP contribution in [0.1, 0.15) is 11.3 Å². The lowest BCUT2D eigenvalue weighted by Crippen LogP contribution is -1.94.